The van der Waals surface area contributed by atoms with E-state index in [1.807, 2.05) is 23.0 Å². The van der Waals surface area contributed by atoms with Crippen molar-refractivity contribution in [1.82, 2.24) is 19.7 Å². The normalized spacial score (nSPS) is 17.2. The number of nitrogens with one attached hydrogen (secondary N) is 1. The molecule has 2 amide bonds. The molecule has 0 aromatic carbocycles. The van der Waals surface area contributed by atoms with Crippen molar-refractivity contribution in [2.75, 3.05) is 19.0 Å². The summed E-state index contributed by atoms with van der Waals surface area (Å²) in [6.07, 6.45) is 9.33. The summed E-state index contributed by atoms with van der Waals surface area (Å²) in [6, 6.07) is 3.62. The zero-order chi connectivity index (χ0) is 16.1. The van der Waals surface area contributed by atoms with Crippen molar-refractivity contribution < 1.29 is 9.53 Å². The Bertz CT molecular complexity index is 637. The van der Waals surface area contributed by atoms with Crippen LogP contribution in [0.25, 0.3) is 0 Å². The average molecular weight is 315 g/mol. The third kappa shape index (κ3) is 4.29. The van der Waals surface area contributed by atoms with Crippen molar-refractivity contribution in [2.24, 2.45) is 0 Å². The van der Waals surface area contributed by atoms with Crippen LogP contribution in [0.3, 0.4) is 0 Å². The number of hydrogen-bond acceptors (Lipinski definition) is 4. The van der Waals surface area contributed by atoms with Gasteiger partial charge in [0.25, 0.3) is 0 Å². The highest BCUT2D eigenvalue weighted by molar-refractivity contribution is 5.88. The van der Waals surface area contributed by atoms with Gasteiger partial charge in [0.15, 0.2) is 0 Å². The van der Waals surface area contributed by atoms with E-state index in [2.05, 4.69) is 15.4 Å². The average Bonchev–Trinajstić information content (AvgIpc) is 3.21. The van der Waals surface area contributed by atoms with Crippen molar-refractivity contribution in [2.45, 2.75) is 32.0 Å². The van der Waals surface area contributed by atoms with Crippen LogP contribution in [-0.2, 0) is 17.8 Å². The highest BCUT2D eigenvalue weighted by Gasteiger charge is 2.17. The lowest BCUT2D eigenvalue weighted by molar-refractivity contribution is 0.0940. The van der Waals surface area contributed by atoms with Crippen LogP contribution < -0.4 is 5.32 Å². The van der Waals surface area contributed by atoms with Crippen molar-refractivity contribution in [3.05, 3.63) is 42.5 Å². The summed E-state index contributed by atoms with van der Waals surface area (Å²) in [7, 11) is 1.76. The molecule has 0 radical (unpaired) electrons. The fraction of sp³-hybridized carbons (Fsp3) is 0.438. The molecule has 1 saturated heterocycles. The van der Waals surface area contributed by atoms with Gasteiger partial charge in [-0.15, -0.1) is 0 Å². The Hall–Kier alpha value is -2.41. The van der Waals surface area contributed by atoms with E-state index in [4.69, 9.17) is 4.74 Å². The molecule has 23 heavy (non-hydrogen) atoms. The van der Waals surface area contributed by atoms with Gasteiger partial charge >= 0.3 is 6.03 Å². The molecule has 7 heteroatoms. The van der Waals surface area contributed by atoms with E-state index >= 15 is 0 Å². The SMILES string of the molecule is CN(Cc1ccncc1)C(=O)Nc1cnn(C[C@H]2CCCO2)c1. The number of carbonyl (C=O) groups excluding carboxylic acids is 1. The molecule has 3 heterocycles. The molecule has 2 aromatic heterocycles. The van der Waals surface area contributed by atoms with Gasteiger partial charge in [-0.3, -0.25) is 9.67 Å². The summed E-state index contributed by atoms with van der Waals surface area (Å²) in [4.78, 5) is 17.8. The molecule has 0 bridgehead atoms. The number of aromatic nitrogens is 3. The van der Waals surface area contributed by atoms with Crippen LogP contribution in [0.4, 0.5) is 10.5 Å². The summed E-state index contributed by atoms with van der Waals surface area (Å²) in [5, 5.41) is 7.13. The van der Waals surface area contributed by atoms with Gasteiger partial charge in [-0.2, -0.15) is 5.10 Å². The monoisotopic (exact) mass is 315 g/mol. The first-order chi connectivity index (χ1) is 11.2. The molecular weight excluding hydrogens is 294 g/mol. The highest BCUT2D eigenvalue weighted by Crippen LogP contribution is 2.15. The maximum absolute atomic E-state index is 12.2. The van der Waals surface area contributed by atoms with Crippen LogP contribution in [-0.4, -0.2) is 45.5 Å². The molecule has 1 N–H and O–H groups in total. The maximum Gasteiger partial charge on any atom is 0.321 e. The van der Waals surface area contributed by atoms with Gasteiger partial charge in [0.05, 0.1) is 24.5 Å². The van der Waals surface area contributed by atoms with Crippen molar-refractivity contribution in [1.29, 1.82) is 0 Å². The Balaban J connectivity index is 1.52. The highest BCUT2D eigenvalue weighted by atomic mass is 16.5. The molecule has 1 aliphatic rings. The van der Waals surface area contributed by atoms with Crippen LogP contribution in [0.1, 0.15) is 18.4 Å². The van der Waals surface area contributed by atoms with E-state index in [9.17, 15) is 4.79 Å². The van der Waals surface area contributed by atoms with Gasteiger partial charge in [0.1, 0.15) is 0 Å². The second kappa shape index (κ2) is 7.23. The zero-order valence-corrected chi connectivity index (χ0v) is 13.2. The lowest BCUT2D eigenvalue weighted by atomic mass is 10.2. The summed E-state index contributed by atoms with van der Waals surface area (Å²) < 4.78 is 7.40. The molecule has 0 saturated carbocycles. The number of ether oxygens (including phenoxy) is 1. The van der Waals surface area contributed by atoms with E-state index in [-0.39, 0.29) is 12.1 Å². The van der Waals surface area contributed by atoms with Crippen molar-refractivity contribution in [3.63, 3.8) is 0 Å². The molecule has 3 rings (SSSR count). The minimum atomic E-state index is -0.168. The minimum Gasteiger partial charge on any atom is -0.376 e. The van der Waals surface area contributed by atoms with Gasteiger partial charge in [-0.05, 0) is 30.5 Å². The molecule has 1 atom stereocenters. The molecule has 0 aliphatic carbocycles. The van der Waals surface area contributed by atoms with Crippen molar-refractivity contribution in [3.8, 4) is 0 Å². The Kier molecular flexibility index (Phi) is 4.87. The van der Waals surface area contributed by atoms with E-state index in [1.54, 1.807) is 30.5 Å². The fourth-order valence-corrected chi connectivity index (χ4v) is 2.58. The van der Waals surface area contributed by atoms with Crippen LogP contribution in [0.2, 0.25) is 0 Å². The number of hydrogen-bond donors (Lipinski definition) is 1. The predicted octanol–water partition coefficient (Wildman–Crippen LogP) is 2.12. The fourth-order valence-electron chi connectivity index (χ4n) is 2.58. The predicted molar refractivity (Wildman–Crippen MR) is 85.9 cm³/mol. The minimum absolute atomic E-state index is 0.168. The summed E-state index contributed by atoms with van der Waals surface area (Å²) in [5.74, 6) is 0. The number of amides is 2. The molecule has 2 aromatic rings. The topological polar surface area (TPSA) is 72.3 Å². The Labute approximate surface area is 135 Å². The molecule has 7 nitrogen and oxygen atoms in total. The lowest BCUT2D eigenvalue weighted by Crippen LogP contribution is -2.30. The number of anilines is 1. The number of nitrogens with zero attached hydrogens (tertiary/aromatic N) is 4. The van der Waals surface area contributed by atoms with Gasteiger partial charge in [-0.1, -0.05) is 0 Å². The van der Waals surface area contributed by atoms with Gasteiger partial charge in [0.2, 0.25) is 0 Å². The van der Waals surface area contributed by atoms with E-state index < -0.39 is 0 Å². The molecule has 1 aliphatic heterocycles. The third-order valence-electron chi connectivity index (χ3n) is 3.81. The van der Waals surface area contributed by atoms with Crippen LogP contribution in [0.5, 0.6) is 0 Å². The number of carbonyl (C=O) groups is 1. The number of urea groups is 1. The van der Waals surface area contributed by atoms with Crippen LogP contribution in [0, 0.1) is 0 Å². The number of rotatable bonds is 5. The van der Waals surface area contributed by atoms with Crippen molar-refractivity contribution >= 4 is 11.7 Å². The molecule has 1 fully saturated rings. The summed E-state index contributed by atoms with van der Waals surface area (Å²) in [5.41, 5.74) is 1.72. The van der Waals surface area contributed by atoms with Gasteiger partial charge in [0, 0.05) is 38.8 Å². The first kappa shape index (κ1) is 15.5. The summed E-state index contributed by atoms with van der Waals surface area (Å²) >= 11 is 0. The molecule has 0 unspecified atom stereocenters. The lowest BCUT2D eigenvalue weighted by Gasteiger charge is -2.17. The van der Waals surface area contributed by atoms with E-state index in [0.29, 0.717) is 12.2 Å². The molecule has 122 valence electrons. The van der Waals surface area contributed by atoms with E-state index in [0.717, 1.165) is 31.6 Å². The standard InChI is InChI=1S/C16H21N5O2/c1-20(10-13-4-6-17-7-5-13)16(22)19-14-9-18-21(11-14)12-15-3-2-8-23-15/h4-7,9,11,15H,2-3,8,10,12H2,1H3,(H,19,22)/t15-/m1/s1. The molecular formula is C16H21N5O2. The zero-order valence-electron chi connectivity index (χ0n) is 13.2. The quantitative estimate of drug-likeness (QED) is 0.917. The Morgan fingerprint density at radius 1 is 1.48 bits per heavy atom. The smallest absolute Gasteiger partial charge is 0.321 e. The van der Waals surface area contributed by atoms with Gasteiger partial charge < -0.3 is 15.0 Å². The Morgan fingerprint density at radius 3 is 3.04 bits per heavy atom. The summed E-state index contributed by atoms with van der Waals surface area (Å²) in [6.45, 7) is 2.08. The molecule has 0 spiro atoms. The second-order valence-corrected chi connectivity index (χ2v) is 5.73. The first-order valence-electron chi connectivity index (χ1n) is 7.76. The largest absolute Gasteiger partial charge is 0.376 e. The van der Waals surface area contributed by atoms with Crippen LogP contribution in [0.15, 0.2) is 36.9 Å². The van der Waals surface area contributed by atoms with Gasteiger partial charge in [-0.25, -0.2) is 4.79 Å². The Morgan fingerprint density at radius 2 is 2.30 bits per heavy atom. The van der Waals surface area contributed by atoms with Crippen LogP contribution >= 0.6 is 0 Å². The maximum atomic E-state index is 12.2. The third-order valence-corrected chi connectivity index (χ3v) is 3.81. The second-order valence-electron chi connectivity index (χ2n) is 5.73. The number of pyridine rings is 1. The first-order valence-corrected chi connectivity index (χ1v) is 7.76. The van der Waals surface area contributed by atoms with E-state index in [1.165, 1.54) is 0 Å².